The molecule has 1 heterocycles. The molecule has 1 aliphatic rings. The van der Waals surface area contributed by atoms with Crippen molar-refractivity contribution in [2.75, 3.05) is 5.73 Å². The fraction of sp³-hybridized carbons (Fsp3) is 0.294. The van der Waals surface area contributed by atoms with E-state index in [4.69, 9.17) is 5.73 Å². The third kappa shape index (κ3) is 3.21. The number of aromatic nitrogens is 1. The quantitative estimate of drug-likeness (QED) is 0.846. The van der Waals surface area contributed by atoms with E-state index in [-0.39, 0.29) is 11.9 Å². The van der Waals surface area contributed by atoms with Crippen molar-refractivity contribution in [1.29, 1.82) is 0 Å². The van der Waals surface area contributed by atoms with E-state index < -0.39 is 0 Å². The predicted molar refractivity (Wildman–Crippen MR) is 82.6 cm³/mol. The molecule has 1 aliphatic carbocycles. The summed E-state index contributed by atoms with van der Waals surface area (Å²) in [5.41, 5.74) is 10.1. The molecule has 0 fully saturated rings. The second-order valence-electron chi connectivity index (χ2n) is 5.48. The molecule has 0 bridgehead atoms. The van der Waals surface area contributed by atoms with Gasteiger partial charge >= 0.3 is 0 Å². The minimum absolute atomic E-state index is 0.0912. The molecular weight excluding hydrogens is 262 g/mol. The van der Waals surface area contributed by atoms with Crippen LogP contribution in [0.15, 0.2) is 42.7 Å². The Hall–Kier alpha value is -2.36. The first-order chi connectivity index (χ1) is 10.2. The van der Waals surface area contributed by atoms with Crippen molar-refractivity contribution in [2.24, 2.45) is 0 Å². The van der Waals surface area contributed by atoms with Crippen LogP contribution in [0.1, 0.15) is 35.6 Å². The molecule has 21 heavy (non-hydrogen) atoms. The summed E-state index contributed by atoms with van der Waals surface area (Å²) in [7, 11) is 0. The Kier molecular flexibility index (Phi) is 3.86. The molecule has 0 aliphatic heterocycles. The molecule has 3 rings (SSSR count). The molecule has 1 unspecified atom stereocenters. The Bertz CT molecular complexity index is 640. The number of nitrogens with zero attached hydrogens (tertiary/aromatic N) is 1. The largest absolute Gasteiger partial charge is 0.399 e. The summed E-state index contributed by atoms with van der Waals surface area (Å²) in [6.07, 6.45) is 6.70. The van der Waals surface area contributed by atoms with E-state index in [1.165, 1.54) is 11.1 Å². The van der Waals surface area contributed by atoms with Crippen molar-refractivity contribution in [1.82, 2.24) is 10.3 Å². The van der Waals surface area contributed by atoms with Crippen LogP contribution in [0.2, 0.25) is 0 Å². The fourth-order valence-electron chi connectivity index (χ4n) is 2.86. The number of nitrogen functional groups attached to an aromatic ring is 1. The summed E-state index contributed by atoms with van der Waals surface area (Å²) >= 11 is 0. The van der Waals surface area contributed by atoms with Gasteiger partial charge in [0.25, 0.3) is 0 Å². The van der Waals surface area contributed by atoms with E-state index in [1.807, 2.05) is 30.3 Å². The second kappa shape index (κ2) is 5.95. The molecule has 1 aromatic heterocycles. The highest BCUT2D eigenvalue weighted by Gasteiger charge is 2.23. The lowest BCUT2D eigenvalue weighted by molar-refractivity contribution is -0.121. The van der Waals surface area contributed by atoms with Gasteiger partial charge in [-0.25, -0.2) is 0 Å². The summed E-state index contributed by atoms with van der Waals surface area (Å²) in [6, 6.07) is 9.96. The Morgan fingerprint density at radius 2 is 2.29 bits per heavy atom. The van der Waals surface area contributed by atoms with Gasteiger partial charge in [0.1, 0.15) is 0 Å². The maximum absolute atomic E-state index is 12.1. The van der Waals surface area contributed by atoms with Crippen molar-refractivity contribution in [3.05, 3.63) is 59.4 Å². The van der Waals surface area contributed by atoms with Gasteiger partial charge in [-0.2, -0.15) is 0 Å². The van der Waals surface area contributed by atoms with E-state index >= 15 is 0 Å². The molecular formula is C17H19N3O. The summed E-state index contributed by atoms with van der Waals surface area (Å²) in [6.45, 7) is 0. The second-order valence-corrected chi connectivity index (χ2v) is 5.48. The van der Waals surface area contributed by atoms with Gasteiger partial charge < -0.3 is 11.1 Å². The first kappa shape index (κ1) is 13.6. The number of aryl methyl sites for hydroxylation is 2. The van der Waals surface area contributed by atoms with Crippen LogP contribution >= 0.6 is 0 Å². The summed E-state index contributed by atoms with van der Waals surface area (Å²) in [5.74, 6) is 0.0912. The van der Waals surface area contributed by atoms with Crippen LogP contribution in [0, 0.1) is 0 Å². The van der Waals surface area contributed by atoms with Gasteiger partial charge in [-0.05, 0) is 54.2 Å². The first-order valence-electron chi connectivity index (χ1n) is 7.29. The number of carbonyl (C=O) groups is 1. The highest BCUT2D eigenvalue weighted by molar-refractivity contribution is 5.77. The Balaban J connectivity index is 1.57. The number of fused-ring (bicyclic) bond motifs is 1. The van der Waals surface area contributed by atoms with Crippen LogP contribution in [-0.4, -0.2) is 10.9 Å². The number of carbonyl (C=O) groups excluding carboxylic acids is 1. The smallest absolute Gasteiger partial charge is 0.220 e. The van der Waals surface area contributed by atoms with E-state index in [1.54, 1.807) is 12.4 Å². The number of anilines is 1. The standard InChI is InChI=1S/C17H19N3O/c18-14-5-6-15-13(10-14)4-7-16(15)20-17(21)8-3-12-2-1-9-19-11-12/h1-2,5-6,9-11,16H,3-4,7-8,18H2,(H,20,21). The lowest BCUT2D eigenvalue weighted by Crippen LogP contribution is -2.27. The Morgan fingerprint density at radius 1 is 1.38 bits per heavy atom. The molecule has 4 nitrogen and oxygen atoms in total. The number of pyridine rings is 1. The van der Waals surface area contributed by atoms with Gasteiger partial charge in [0, 0.05) is 24.5 Å². The van der Waals surface area contributed by atoms with Gasteiger partial charge in [-0.15, -0.1) is 0 Å². The SMILES string of the molecule is Nc1ccc2c(c1)CCC2NC(=O)CCc1cccnc1. The normalized spacial score (nSPS) is 16.5. The molecule has 1 aromatic carbocycles. The molecule has 0 spiro atoms. The van der Waals surface area contributed by atoms with E-state index in [0.29, 0.717) is 6.42 Å². The number of amides is 1. The molecule has 2 aromatic rings. The number of hydrogen-bond acceptors (Lipinski definition) is 3. The van der Waals surface area contributed by atoms with Crippen LogP contribution in [0.5, 0.6) is 0 Å². The maximum atomic E-state index is 12.1. The topological polar surface area (TPSA) is 68.0 Å². The van der Waals surface area contributed by atoms with Crippen molar-refractivity contribution in [2.45, 2.75) is 31.7 Å². The van der Waals surface area contributed by atoms with E-state index in [2.05, 4.69) is 10.3 Å². The molecule has 1 atom stereocenters. The molecule has 0 saturated heterocycles. The van der Waals surface area contributed by atoms with E-state index in [9.17, 15) is 4.79 Å². The number of hydrogen-bond donors (Lipinski definition) is 2. The van der Waals surface area contributed by atoms with Crippen LogP contribution in [0.4, 0.5) is 5.69 Å². The maximum Gasteiger partial charge on any atom is 0.220 e. The van der Waals surface area contributed by atoms with Gasteiger partial charge in [-0.1, -0.05) is 12.1 Å². The zero-order valence-electron chi connectivity index (χ0n) is 11.9. The lowest BCUT2D eigenvalue weighted by atomic mass is 10.1. The zero-order valence-corrected chi connectivity index (χ0v) is 11.9. The highest BCUT2D eigenvalue weighted by atomic mass is 16.1. The fourth-order valence-corrected chi connectivity index (χ4v) is 2.86. The molecule has 3 N–H and O–H groups in total. The number of nitrogens with two attached hydrogens (primary N) is 1. The Labute approximate surface area is 124 Å². The third-order valence-electron chi connectivity index (χ3n) is 3.94. The van der Waals surface area contributed by atoms with Crippen LogP contribution in [-0.2, 0) is 17.6 Å². The van der Waals surface area contributed by atoms with Gasteiger partial charge in [-0.3, -0.25) is 9.78 Å². The number of benzene rings is 1. The molecule has 1 amide bonds. The minimum Gasteiger partial charge on any atom is -0.399 e. The highest BCUT2D eigenvalue weighted by Crippen LogP contribution is 2.32. The zero-order chi connectivity index (χ0) is 14.7. The predicted octanol–water partition coefficient (Wildman–Crippen LogP) is 2.40. The first-order valence-corrected chi connectivity index (χ1v) is 7.29. The molecule has 0 saturated carbocycles. The lowest BCUT2D eigenvalue weighted by Gasteiger charge is -2.14. The van der Waals surface area contributed by atoms with Gasteiger partial charge in [0.15, 0.2) is 0 Å². The summed E-state index contributed by atoms with van der Waals surface area (Å²) in [4.78, 5) is 16.2. The van der Waals surface area contributed by atoms with Crippen LogP contribution in [0.25, 0.3) is 0 Å². The monoisotopic (exact) mass is 281 g/mol. The van der Waals surface area contributed by atoms with Gasteiger partial charge in [0.05, 0.1) is 6.04 Å². The Morgan fingerprint density at radius 3 is 3.10 bits per heavy atom. The average Bonchev–Trinajstić information content (AvgIpc) is 2.88. The van der Waals surface area contributed by atoms with E-state index in [0.717, 1.165) is 30.5 Å². The van der Waals surface area contributed by atoms with Crippen LogP contribution < -0.4 is 11.1 Å². The third-order valence-corrected chi connectivity index (χ3v) is 3.94. The number of nitrogens with one attached hydrogen (secondary N) is 1. The van der Waals surface area contributed by atoms with Gasteiger partial charge in [0.2, 0.25) is 5.91 Å². The minimum atomic E-state index is 0.0912. The summed E-state index contributed by atoms with van der Waals surface area (Å²) < 4.78 is 0. The molecule has 4 heteroatoms. The molecule has 108 valence electrons. The summed E-state index contributed by atoms with van der Waals surface area (Å²) in [5, 5.41) is 3.12. The van der Waals surface area contributed by atoms with Crippen molar-refractivity contribution in [3.8, 4) is 0 Å². The number of rotatable bonds is 4. The van der Waals surface area contributed by atoms with Crippen molar-refractivity contribution in [3.63, 3.8) is 0 Å². The van der Waals surface area contributed by atoms with Crippen LogP contribution in [0.3, 0.4) is 0 Å². The van der Waals surface area contributed by atoms with Crippen molar-refractivity contribution >= 4 is 11.6 Å². The molecule has 0 radical (unpaired) electrons. The average molecular weight is 281 g/mol. The van der Waals surface area contributed by atoms with Crippen molar-refractivity contribution < 1.29 is 4.79 Å².